The van der Waals surface area contributed by atoms with Crippen LogP contribution in [0.2, 0.25) is 5.02 Å². The third-order valence-electron chi connectivity index (χ3n) is 3.33. The van der Waals surface area contributed by atoms with Gasteiger partial charge in [-0.1, -0.05) is 23.8 Å². The molecule has 20 heavy (non-hydrogen) atoms. The van der Waals surface area contributed by atoms with Crippen LogP contribution in [0.15, 0.2) is 30.4 Å². The zero-order chi connectivity index (χ0) is 14.5. The number of nitrogens with zero attached hydrogens (tertiary/aromatic N) is 1. The van der Waals surface area contributed by atoms with E-state index in [1.807, 2.05) is 0 Å². The molecule has 106 valence electrons. The van der Waals surface area contributed by atoms with Crippen molar-refractivity contribution in [1.29, 1.82) is 0 Å². The number of nitro groups is 1. The minimum absolute atomic E-state index is 0.139. The zero-order valence-corrected chi connectivity index (χ0v) is 11.6. The molecule has 0 aliphatic heterocycles. The van der Waals surface area contributed by atoms with Gasteiger partial charge in [-0.3, -0.25) is 14.9 Å². The molecule has 5 nitrogen and oxygen atoms in total. The van der Waals surface area contributed by atoms with Crippen LogP contribution >= 0.6 is 11.6 Å². The molecule has 0 aromatic heterocycles. The van der Waals surface area contributed by atoms with Crippen LogP contribution < -0.4 is 5.32 Å². The van der Waals surface area contributed by atoms with Crippen LogP contribution in [0.25, 0.3) is 0 Å². The monoisotopic (exact) mass is 294 g/mol. The fraction of sp³-hybridized carbons (Fsp3) is 0.357. The SMILES string of the molecule is O=C(NCC1CC=CCC1)c1cc([N+](=O)[O-])ccc1Cl. The highest BCUT2D eigenvalue weighted by atomic mass is 35.5. The van der Waals surface area contributed by atoms with E-state index in [1.165, 1.54) is 18.2 Å². The number of halogens is 1. The van der Waals surface area contributed by atoms with E-state index in [4.69, 9.17) is 11.6 Å². The number of amides is 1. The Labute approximate surface area is 121 Å². The third kappa shape index (κ3) is 3.57. The van der Waals surface area contributed by atoms with Gasteiger partial charge >= 0.3 is 0 Å². The normalized spacial score (nSPS) is 17.8. The molecule has 1 aromatic rings. The Hall–Kier alpha value is -1.88. The van der Waals surface area contributed by atoms with Crippen molar-refractivity contribution in [3.05, 3.63) is 51.1 Å². The van der Waals surface area contributed by atoms with Gasteiger partial charge < -0.3 is 5.32 Å². The maximum absolute atomic E-state index is 12.0. The zero-order valence-electron chi connectivity index (χ0n) is 10.8. The molecule has 0 saturated carbocycles. The number of hydrogen-bond donors (Lipinski definition) is 1. The average molecular weight is 295 g/mol. The summed E-state index contributed by atoms with van der Waals surface area (Å²) in [6.45, 7) is 0.558. The number of rotatable bonds is 4. The molecule has 0 bridgehead atoms. The minimum Gasteiger partial charge on any atom is -0.352 e. The van der Waals surface area contributed by atoms with Crippen molar-refractivity contribution in [1.82, 2.24) is 5.32 Å². The van der Waals surface area contributed by atoms with Gasteiger partial charge in [-0.25, -0.2) is 0 Å². The third-order valence-corrected chi connectivity index (χ3v) is 3.66. The summed E-state index contributed by atoms with van der Waals surface area (Å²) in [4.78, 5) is 22.2. The first-order valence-corrected chi connectivity index (χ1v) is 6.83. The summed E-state index contributed by atoms with van der Waals surface area (Å²) in [6, 6.07) is 3.86. The topological polar surface area (TPSA) is 72.2 Å². The number of benzene rings is 1. The van der Waals surface area contributed by atoms with Gasteiger partial charge in [0.1, 0.15) is 0 Å². The van der Waals surface area contributed by atoms with Gasteiger partial charge in [-0.05, 0) is 31.2 Å². The predicted molar refractivity (Wildman–Crippen MR) is 76.9 cm³/mol. The highest BCUT2D eigenvalue weighted by molar-refractivity contribution is 6.33. The summed E-state index contributed by atoms with van der Waals surface area (Å²) in [6.07, 6.45) is 7.26. The molecule has 1 aliphatic carbocycles. The smallest absolute Gasteiger partial charge is 0.270 e. The van der Waals surface area contributed by atoms with Gasteiger partial charge in [0.15, 0.2) is 0 Å². The van der Waals surface area contributed by atoms with E-state index in [1.54, 1.807) is 0 Å². The molecular weight excluding hydrogens is 280 g/mol. The van der Waals surface area contributed by atoms with E-state index >= 15 is 0 Å². The Bertz CT molecular complexity index is 557. The number of nitro benzene ring substituents is 1. The Morgan fingerprint density at radius 2 is 2.25 bits per heavy atom. The van der Waals surface area contributed by atoms with Crippen molar-refractivity contribution in [3.8, 4) is 0 Å². The van der Waals surface area contributed by atoms with Crippen molar-refractivity contribution in [2.75, 3.05) is 6.54 Å². The van der Waals surface area contributed by atoms with Gasteiger partial charge in [0, 0.05) is 18.7 Å². The molecule has 2 rings (SSSR count). The van der Waals surface area contributed by atoms with Gasteiger partial charge in [0.05, 0.1) is 15.5 Å². The quantitative estimate of drug-likeness (QED) is 0.526. The second-order valence-electron chi connectivity index (χ2n) is 4.78. The van der Waals surface area contributed by atoms with Crippen molar-refractivity contribution in [2.45, 2.75) is 19.3 Å². The van der Waals surface area contributed by atoms with Crippen LogP contribution in [0.1, 0.15) is 29.6 Å². The molecule has 0 fully saturated rings. The molecule has 6 heteroatoms. The highest BCUT2D eigenvalue weighted by Gasteiger charge is 2.17. The first-order chi connectivity index (χ1) is 9.58. The molecule has 1 atom stereocenters. The summed E-state index contributed by atoms with van der Waals surface area (Å²) in [5.74, 6) is 0.0506. The molecule has 1 N–H and O–H groups in total. The van der Waals surface area contributed by atoms with Gasteiger partial charge in [0.2, 0.25) is 0 Å². The standard InChI is InChI=1S/C14H15ClN2O3/c15-13-7-6-11(17(19)20)8-12(13)14(18)16-9-10-4-2-1-3-5-10/h1-2,6-8,10H,3-5,9H2,(H,16,18). The molecule has 1 unspecified atom stereocenters. The first kappa shape index (κ1) is 14.5. The van der Waals surface area contributed by atoms with Gasteiger partial charge in [-0.15, -0.1) is 0 Å². The van der Waals surface area contributed by atoms with Crippen LogP contribution in [0.5, 0.6) is 0 Å². The van der Waals surface area contributed by atoms with Crippen LogP contribution in [0.3, 0.4) is 0 Å². The summed E-state index contributed by atoms with van der Waals surface area (Å²) in [5, 5.41) is 13.7. The number of carbonyl (C=O) groups excluding carboxylic acids is 1. The first-order valence-electron chi connectivity index (χ1n) is 6.45. The number of allylic oxidation sites excluding steroid dienone is 2. The predicted octanol–water partition coefficient (Wildman–Crippen LogP) is 3.33. The Kier molecular flexibility index (Phi) is 4.74. The van der Waals surface area contributed by atoms with Crippen LogP contribution in [-0.2, 0) is 0 Å². The fourth-order valence-electron chi connectivity index (χ4n) is 2.17. The molecule has 0 spiro atoms. The highest BCUT2D eigenvalue weighted by Crippen LogP contribution is 2.22. The van der Waals surface area contributed by atoms with Crippen molar-refractivity contribution >= 4 is 23.2 Å². The van der Waals surface area contributed by atoms with Gasteiger partial charge in [0.25, 0.3) is 11.6 Å². The molecule has 0 heterocycles. The Morgan fingerprint density at radius 1 is 1.45 bits per heavy atom. The average Bonchev–Trinajstić information content (AvgIpc) is 2.46. The summed E-state index contributed by atoms with van der Waals surface area (Å²) >= 11 is 5.92. The fourth-order valence-corrected chi connectivity index (χ4v) is 2.38. The number of carbonyl (C=O) groups is 1. The largest absolute Gasteiger partial charge is 0.352 e. The Morgan fingerprint density at radius 3 is 2.90 bits per heavy atom. The van der Waals surface area contributed by atoms with E-state index < -0.39 is 4.92 Å². The van der Waals surface area contributed by atoms with E-state index in [-0.39, 0.29) is 22.2 Å². The lowest BCUT2D eigenvalue weighted by atomic mass is 9.94. The Balaban J connectivity index is 2.02. The van der Waals surface area contributed by atoms with Crippen LogP contribution in [0.4, 0.5) is 5.69 Å². The number of nitrogens with one attached hydrogen (secondary N) is 1. The van der Waals surface area contributed by atoms with E-state index in [0.717, 1.165) is 19.3 Å². The number of non-ortho nitro benzene ring substituents is 1. The van der Waals surface area contributed by atoms with Crippen LogP contribution in [0, 0.1) is 16.0 Å². The van der Waals surface area contributed by atoms with E-state index in [2.05, 4.69) is 17.5 Å². The minimum atomic E-state index is -0.543. The van der Waals surface area contributed by atoms with Crippen molar-refractivity contribution in [2.24, 2.45) is 5.92 Å². The molecule has 1 aliphatic rings. The summed E-state index contributed by atoms with van der Waals surface area (Å²) in [7, 11) is 0. The summed E-state index contributed by atoms with van der Waals surface area (Å²) in [5.41, 5.74) is 0.00682. The lowest BCUT2D eigenvalue weighted by Gasteiger charge is -2.18. The summed E-state index contributed by atoms with van der Waals surface area (Å²) < 4.78 is 0. The maximum atomic E-state index is 12.0. The van der Waals surface area contributed by atoms with E-state index in [0.29, 0.717) is 12.5 Å². The van der Waals surface area contributed by atoms with Crippen molar-refractivity contribution < 1.29 is 9.72 Å². The van der Waals surface area contributed by atoms with Gasteiger partial charge in [-0.2, -0.15) is 0 Å². The number of hydrogen-bond acceptors (Lipinski definition) is 3. The molecule has 1 aromatic carbocycles. The second-order valence-corrected chi connectivity index (χ2v) is 5.19. The molecular formula is C14H15ClN2O3. The van der Waals surface area contributed by atoms with E-state index in [9.17, 15) is 14.9 Å². The molecule has 0 radical (unpaired) electrons. The molecule has 1 amide bonds. The second kappa shape index (κ2) is 6.52. The maximum Gasteiger partial charge on any atom is 0.270 e. The lowest BCUT2D eigenvalue weighted by molar-refractivity contribution is -0.384. The molecule has 0 saturated heterocycles. The lowest BCUT2D eigenvalue weighted by Crippen LogP contribution is -2.29. The van der Waals surface area contributed by atoms with Crippen molar-refractivity contribution in [3.63, 3.8) is 0 Å². The van der Waals surface area contributed by atoms with Crippen LogP contribution in [-0.4, -0.2) is 17.4 Å².